The topological polar surface area (TPSA) is 171 Å². The first-order valence-electron chi connectivity index (χ1n) is 18.1. The largest absolute Gasteiger partial charge is 0.474 e. The molecule has 0 radical (unpaired) electrons. The highest BCUT2D eigenvalue weighted by atomic mass is 19.1. The first-order chi connectivity index (χ1) is 25.1. The summed E-state index contributed by atoms with van der Waals surface area (Å²) < 4.78 is 44.8. The van der Waals surface area contributed by atoms with Crippen molar-refractivity contribution < 1.29 is 47.3 Å². The molecule has 4 amide bonds. The molecule has 4 heterocycles. The Morgan fingerprint density at radius 3 is 2.09 bits per heavy atom. The number of carbonyl (C=O) groups is 4. The number of alkyl carbamates (subject to hydrolysis) is 1. The molecule has 2 aromatic heterocycles. The maximum absolute atomic E-state index is 16.8. The van der Waals surface area contributed by atoms with Crippen LogP contribution in [0.1, 0.15) is 103 Å². The third-order valence-corrected chi connectivity index (χ3v) is 8.58. The third kappa shape index (κ3) is 9.88. The molecule has 2 aromatic rings. The van der Waals surface area contributed by atoms with Crippen molar-refractivity contribution in [1.29, 1.82) is 0 Å². The van der Waals surface area contributed by atoms with Crippen LogP contribution in [0.2, 0.25) is 0 Å². The number of nitrogens with one attached hydrogen (secondary N) is 2. The van der Waals surface area contributed by atoms with Gasteiger partial charge in [0.2, 0.25) is 5.88 Å². The van der Waals surface area contributed by atoms with E-state index in [9.17, 15) is 19.2 Å². The average Bonchev–Trinajstić information content (AvgIpc) is 3.04. The van der Waals surface area contributed by atoms with Crippen LogP contribution in [0.5, 0.6) is 5.88 Å². The summed E-state index contributed by atoms with van der Waals surface area (Å²) in [6, 6.07) is 1.59. The standard InChI is InChI=1S/C38H51FN6O9/c1-21-25(19-41-31-30(21)45(15-16-50-31)35(49)54-38(8,9)10)24-17-22-18-27(40-20-26(22)29(28(24)39)43-33(47)52-36(2,3)4)42-32(46)51-23-11-13-44(14-12-23)34(48)53-37(5,6)7/h18-20,23-24H,11-17H2,1-10H3,(H,43,47)(H,40,42,46). The fraction of sp³-hybridized carbons (Fsp3) is 0.579. The molecule has 1 fully saturated rings. The summed E-state index contributed by atoms with van der Waals surface area (Å²) in [5.74, 6) is -1.28. The second-order valence-corrected chi connectivity index (χ2v) is 16.5. The highest BCUT2D eigenvalue weighted by Crippen LogP contribution is 2.45. The summed E-state index contributed by atoms with van der Waals surface area (Å²) in [6.07, 6.45) is 0.768. The van der Waals surface area contributed by atoms with Gasteiger partial charge in [0.1, 0.15) is 46.8 Å². The lowest BCUT2D eigenvalue weighted by atomic mass is 9.82. The van der Waals surface area contributed by atoms with E-state index in [2.05, 4.69) is 20.6 Å². The van der Waals surface area contributed by atoms with Crippen molar-refractivity contribution in [1.82, 2.24) is 20.2 Å². The number of amides is 4. The smallest absolute Gasteiger partial charge is 0.415 e. The van der Waals surface area contributed by atoms with Crippen molar-refractivity contribution in [3.63, 3.8) is 0 Å². The number of hydrogen-bond acceptors (Lipinski definition) is 11. The molecular weight excluding hydrogens is 703 g/mol. The van der Waals surface area contributed by atoms with Gasteiger partial charge in [0.15, 0.2) is 0 Å². The van der Waals surface area contributed by atoms with Crippen LogP contribution in [0.15, 0.2) is 24.3 Å². The second kappa shape index (κ2) is 15.3. The molecule has 0 aromatic carbocycles. The number of ether oxygens (including phenoxy) is 5. The zero-order valence-electron chi connectivity index (χ0n) is 32.7. The zero-order chi connectivity index (χ0) is 39.7. The first-order valence-corrected chi connectivity index (χ1v) is 18.1. The van der Waals surface area contributed by atoms with E-state index in [4.69, 9.17) is 23.7 Å². The average molecular weight is 755 g/mol. The van der Waals surface area contributed by atoms with Crippen LogP contribution in [0.3, 0.4) is 0 Å². The summed E-state index contributed by atoms with van der Waals surface area (Å²) in [5.41, 5.74) is -0.177. The highest BCUT2D eigenvalue weighted by molar-refractivity contribution is 5.92. The molecule has 1 atom stereocenters. The normalized spacial score (nSPS) is 17.8. The molecule has 0 bridgehead atoms. The number of hydrogen-bond donors (Lipinski definition) is 2. The molecule has 15 nitrogen and oxygen atoms in total. The minimum atomic E-state index is -0.972. The number of allylic oxidation sites excluding steroid dienone is 1. The molecule has 294 valence electrons. The minimum Gasteiger partial charge on any atom is -0.474 e. The molecule has 0 saturated carbocycles. The first kappa shape index (κ1) is 40.0. The fourth-order valence-electron chi connectivity index (χ4n) is 6.32. The Labute approximate surface area is 314 Å². The van der Waals surface area contributed by atoms with Crippen LogP contribution in [0.4, 0.5) is 35.1 Å². The van der Waals surface area contributed by atoms with E-state index < -0.39 is 59.0 Å². The van der Waals surface area contributed by atoms with E-state index in [-0.39, 0.29) is 37.0 Å². The predicted molar refractivity (Wildman–Crippen MR) is 197 cm³/mol. The molecule has 2 aliphatic heterocycles. The maximum Gasteiger partial charge on any atom is 0.415 e. The van der Waals surface area contributed by atoms with Gasteiger partial charge >= 0.3 is 24.4 Å². The Bertz CT molecular complexity index is 1820. The van der Waals surface area contributed by atoms with Gasteiger partial charge in [0.05, 0.1) is 12.2 Å². The molecular formula is C38H51FN6O9. The molecule has 5 rings (SSSR count). The molecule has 2 N–H and O–H groups in total. The van der Waals surface area contributed by atoms with Crippen LogP contribution in [-0.4, -0.2) is 88.4 Å². The fourth-order valence-corrected chi connectivity index (χ4v) is 6.32. The van der Waals surface area contributed by atoms with E-state index in [1.165, 1.54) is 17.3 Å². The zero-order valence-corrected chi connectivity index (χ0v) is 32.7. The summed E-state index contributed by atoms with van der Waals surface area (Å²) in [7, 11) is 0. The number of pyridine rings is 2. The van der Waals surface area contributed by atoms with Gasteiger partial charge in [-0.2, -0.15) is 0 Å². The molecule has 0 spiro atoms. The Morgan fingerprint density at radius 2 is 1.46 bits per heavy atom. The van der Waals surface area contributed by atoms with Crippen LogP contribution in [0, 0.1) is 6.92 Å². The SMILES string of the molecule is Cc1c(C2Cc3cc(NC(=O)OC4CCN(C(=O)OC(C)(C)C)CC4)ncc3C(NC(=O)OC(C)(C)C)=C2F)cnc2c1N(C(=O)OC(C)(C)C)CCO2. The van der Waals surface area contributed by atoms with Crippen molar-refractivity contribution in [3.8, 4) is 5.88 Å². The van der Waals surface area contributed by atoms with E-state index in [1.807, 2.05) is 0 Å². The van der Waals surface area contributed by atoms with Crippen LogP contribution in [-0.2, 0) is 25.4 Å². The Balaban J connectivity index is 1.40. The number of nitrogens with zero attached hydrogens (tertiary/aromatic N) is 4. The van der Waals surface area contributed by atoms with E-state index >= 15 is 4.39 Å². The van der Waals surface area contributed by atoms with E-state index in [1.54, 1.807) is 80.2 Å². The highest BCUT2D eigenvalue weighted by Gasteiger charge is 2.37. The quantitative estimate of drug-likeness (QED) is 0.299. The third-order valence-electron chi connectivity index (χ3n) is 8.58. The van der Waals surface area contributed by atoms with Gasteiger partial charge < -0.3 is 28.6 Å². The van der Waals surface area contributed by atoms with E-state index in [0.29, 0.717) is 53.9 Å². The van der Waals surface area contributed by atoms with Crippen molar-refractivity contribution in [2.24, 2.45) is 0 Å². The van der Waals surface area contributed by atoms with Gasteiger partial charge in [-0.3, -0.25) is 15.5 Å². The number of likely N-dealkylation sites (tertiary alicyclic amines) is 1. The van der Waals surface area contributed by atoms with Gasteiger partial charge in [0, 0.05) is 49.8 Å². The number of anilines is 2. The molecule has 1 aliphatic carbocycles. The Hall–Kier alpha value is -5.15. The monoisotopic (exact) mass is 754 g/mol. The lowest BCUT2D eigenvalue weighted by Gasteiger charge is -2.34. The van der Waals surface area contributed by atoms with Crippen molar-refractivity contribution in [3.05, 3.63) is 46.5 Å². The molecule has 16 heteroatoms. The lowest BCUT2D eigenvalue weighted by molar-refractivity contribution is 0.00786. The molecule has 54 heavy (non-hydrogen) atoms. The van der Waals surface area contributed by atoms with Gasteiger partial charge in [0.25, 0.3) is 0 Å². The van der Waals surface area contributed by atoms with E-state index in [0.717, 1.165) is 0 Å². The van der Waals surface area contributed by atoms with Crippen molar-refractivity contribution in [2.45, 2.75) is 117 Å². The van der Waals surface area contributed by atoms with Crippen LogP contribution < -0.4 is 20.3 Å². The van der Waals surface area contributed by atoms with Gasteiger partial charge in [-0.25, -0.2) is 33.5 Å². The van der Waals surface area contributed by atoms with Crippen LogP contribution in [0.25, 0.3) is 5.70 Å². The second-order valence-electron chi connectivity index (χ2n) is 16.5. The predicted octanol–water partition coefficient (Wildman–Crippen LogP) is 7.37. The van der Waals surface area contributed by atoms with Gasteiger partial charge in [-0.15, -0.1) is 0 Å². The lowest BCUT2D eigenvalue weighted by Crippen LogP contribution is -2.44. The summed E-state index contributed by atoms with van der Waals surface area (Å²) >= 11 is 0. The molecule has 3 aliphatic rings. The summed E-state index contributed by atoms with van der Waals surface area (Å²) in [4.78, 5) is 63.5. The van der Waals surface area contributed by atoms with Crippen molar-refractivity contribution in [2.75, 3.05) is 36.5 Å². The Kier molecular flexibility index (Phi) is 11.3. The number of piperidine rings is 1. The van der Waals surface area contributed by atoms with Gasteiger partial charge in [-0.1, -0.05) is 0 Å². The maximum atomic E-state index is 16.8. The van der Waals surface area contributed by atoms with Crippen LogP contribution >= 0.6 is 0 Å². The number of rotatable bonds is 4. The number of fused-ring (bicyclic) bond motifs is 2. The summed E-state index contributed by atoms with van der Waals surface area (Å²) in [6.45, 7) is 18.7. The molecule has 1 unspecified atom stereocenters. The minimum absolute atomic E-state index is 0.0879. The number of carbonyl (C=O) groups excluding carboxylic acids is 4. The van der Waals surface area contributed by atoms with Gasteiger partial charge in [-0.05, 0) is 98.4 Å². The number of halogens is 1. The molecule has 1 saturated heterocycles. The number of aromatic nitrogens is 2. The summed E-state index contributed by atoms with van der Waals surface area (Å²) in [5, 5.41) is 5.24. The van der Waals surface area contributed by atoms with Crippen molar-refractivity contribution >= 4 is 41.6 Å². The Morgan fingerprint density at radius 1 is 0.833 bits per heavy atom.